The average molecular weight is 521 g/mol. The molecule has 1 saturated heterocycles. The van der Waals surface area contributed by atoms with Gasteiger partial charge in [-0.3, -0.25) is 0 Å². The Morgan fingerprint density at radius 1 is 1.20 bits per heavy atom. The largest absolute Gasteiger partial charge is 0.375 e. The molecule has 162 valence electrons. The Morgan fingerprint density at radius 2 is 2.03 bits per heavy atom. The summed E-state index contributed by atoms with van der Waals surface area (Å²) in [6.45, 7) is 10.2. The summed E-state index contributed by atoms with van der Waals surface area (Å²) in [4.78, 5) is 14.2. The molecule has 0 aliphatic carbocycles. The molecule has 2 aromatic rings. The number of hydrogen-bond donors (Lipinski definition) is 1. The first kappa shape index (κ1) is 22.8. The number of nitrogens with one attached hydrogen (secondary N) is 1. The van der Waals surface area contributed by atoms with Gasteiger partial charge >= 0.3 is 0 Å². The van der Waals surface area contributed by atoms with Crippen LogP contribution in [0.25, 0.3) is 0 Å². The van der Waals surface area contributed by atoms with Crippen LogP contribution in [0.2, 0.25) is 0 Å². The summed E-state index contributed by atoms with van der Waals surface area (Å²) in [5, 5.41) is 3.45. The molecule has 2 aliphatic heterocycles. The highest BCUT2D eigenvalue weighted by atomic mass is 127. The molecule has 1 aromatic heterocycles. The lowest BCUT2D eigenvalue weighted by atomic mass is 10.0. The van der Waals surface area contributed by atoms with E-state index in [0.717, 1.165) is 63.1 Å². The summed E-state index contributed by atoms with van der Waals surface area (Å²) < 4.78 is 5.62. The number of ether oxygens (including phenoxy) is 1. The number of aliphatic imine (C=N–C) groups is 1. The highest BCUT2D eigenvalue weighted by Gasteiger charge is 2.19. The summed E-state index contributed by atoms with van der Waals surface area (Å²) in [5.74, 6) is 2.00. The number of guanidine groups is 1. The zero-order valence-corrected chi connectivity index (χ0v) is 20.2. The average Bonchev–Trinajstić information content (AvgIpc) is 2.77. The van der Waals surface area contributed by atoms with Crippen LogP contribution in [0.4, 0.5) is 5.82 Å². The SMILES string of the molecule is CCNC(=NCc1ccc(N2CCOC(C)C2)nc1)N1CCc2ccccc2C1.I. The maximum atomic E-state index is 5.62. The summed E-state index contributed by atoms with van der Waals surface area (Å²) in [7, 11) is 0. The Hall–Kier alpha value is -1.87. The van der Waals surface area contributed by atoms with Crippen molar-refractivity contribution in [3.63, 3.8) is 0 Å². The van der Waals surface area contributed by atoms with E-state index < -0.39 is 0 Å². The van der Waals surface area contributed by atoms with Crippen molar-refractivity contribution in [2.75, 3.05) is 37.7 Å². The maximum absolute atomic E-state index is 5.62. The van der Waals surface area contributed by atoms with Crippen molar-refractivity contribution >= 4 is 35.8 Å². The maximum Gasteiger partial charge on any atom is 0.194 e. The fourth-order valence-electron chi connectivity index (χ4n) is 3.99. The standard InChI is InChI=1S/C23H31N5O.HI/c1-3-24-23(28-11-10-20-6-4-5-7-21(20)17-28)26-15-19-8-9-22(25-14-19)27-12-13-29-18(2)16-27;/h4-9,14,18H,3,10-13,15-17H2,1-2H3,(H,24,26);1H. The van der Waals surface area contributed by atoms with Crippen LogP contribution in [0.5, 0.6) is 0 Å². The van der Waals surface area contributed by atoms with Crippen LogP contribution >= 0.6 is 24.0 Å². The highest BCUT2D eigenvalue weighted by Crippen LogP contribution is 2.19. The molecule has 1 atom stereocenters. The van der Waals surface area contributed by atoms with Gasteiger partial charge in [0.2, 0.25) is 0 Å². The Bertz CT molecular complexity index is 842. The number of benzene rings is 1. The van der Waals surface area contributed by atoms with Crippen molar-refractivity contribution in [1.82, 2.24) is 15.2 Å². The van der Waals surface area contributed by atoms with Gasteiger partial charge < -0.3 is 19.9 Å². The molecule has 0 amide bonds. The first-order valence-electron chi connectivity index (χ1n) is 10.6. The molecular weight excluding hydrogens is 489 g/mol. The number of fused-ring (bicyclic) bond motifs is 1. The lowest BCUT2D eigenvalue weighted by Crippen LogP contribution is -2.44. The minimum absolute atomic E-state index is 0. The monoisotopic (exact) mass is 521 g/mol. The molecule has 4 rings (SSSR count). The molecule has 0 bridgehead atoms. The van der Waals surface area contributed by atoms with E-state index in [1.807, 2.05) is 6.20 Å². The quantitative estimate of drug-likeness (QED) is 0.380. The molecule has 7 heteroatoms. The van der Waals surface area contributed by atoms with E-state index in [4.69, 9.17) is 9.73 Å². The fourth-order valence-corrected chi connectivity index (χ4v) is 3.99. The van der Waals surface area contributed by atoms with Crippen molar-refractivity contribution < 1.29 is 4.74 Å². The number of hydrogen-bond acceptors (Lipinski definition) is 4. The minimum Gasteiger partial charge on any atom is -0.375 e. The van der Waals surface area contributed by atoms with E-state index in [1.54, 1.807) is 0 Å². The van der Waals surface area contributed by atoms with Crippen molar-refractivity contribution in [1.29, 1.82) is 0 Å². The predicted molar refractivity (Wildman–Crippen MR) is 133 cm³/mol. The van der Waals surface area contributed by atoms with Crippen molar-refractivity contribution in [3.8, 4) is 0 Å². The second kappa shape index (κ2) is 10.9. The highest BCUT2D eigenvalue weighted by molar-refractivity contribution is 14.0. The van der Waals surface area contributed by atoms with E-state index in [-0.39, 0.29) is 30.1 Å². The van der Waals surface area contributed by atoms with Gasteiger partial charge in [-0.15, -0.1) is 24.0 Å². The summed E-state index contributed by atoms with van der Waals surface area (Å²) in [6.07, 6.45) is 3.27. The predicted octanol–water partition coefficient (Wildman–Crippen LogP) is 3.45. The lowest BCUT2D eigenvalue weighted by Gasteiger charge is -2.32. The third kappa shape index (κ3) is 5.63. The number of nitrogens with zero attached hydrogens (tertiary/aromatic N) is 4. The van der Waals surface area contributed by atoms with E-state index in [2.05, 4.69) is 70.3 Å². The Labute approximate surface area is 196 Å². The van der Waals surface area contributed by atoms with Crippen LogP contribution in [0.3, 0.4) is 0 Å². The van der Waals surface area contributed by atoms with Gasteiger partial charge in [-0.2, -0.15) is 0 Å². The topological polar surface area (TPSA) is 53.0 Å². The zero-order chi connectivity index (χ0) is 20.1. The van der Waals surface area contributed by atoms with Gasteiger partial charge in [-0.05, 0) is 43.0 Å². The normalized spacial score (nSPS) is 19.1. The molecule has 0 radical (unpaired) electrons. The first-order chi connectivity index (χ1) is 14.2. The molecule has 0 saturated carbocycles. The number of morpholine rings is 1. The molecule has 2 aliphatic rings. The summed E-state index contributed by atoms with van der Waals surface area (Å²) >= 11 is 0. The van der Waals surface area contributed by atoms with E-state index in [0.29, 0.717) is 6.54 Å². The van der Waals surface area contributed by atoms with Crippen molar-refractivity contribution in [3.05, 3.63) is 59.3 Å². The second-order valence-corrected chi connectivity index (χ2v) is 7.76. The molecule has 30 heavy (non-hydrogen) atoms. The number of aromatic nitrogens is 1. The molecule has 1 aromatic carbocycles. The molecule has 1 unspecified atom stereocenters. The molecule has 0 spiro atoms. The van der Waals surface area contributed by atoms with E-state index in [9.17, 15) is 0 Å². The van der Waals surface area contributed by atoms with E-state index >= 15 is 0 Å². The fraction of sp³-hybridized carbons (Fsp3) is 0.478. The number of anilines is 1. The Kier molecular flexibility index (Phi) is 8.32. The molecule has 1 fully saturated rings. The molecule has 6 nitrogen and oxygen atoms in total. The number of pyridine rings is 1. The minimum atomic E-state index is 0. The van der Waals surface area contributed by atoms with Gasteiger partial charge in [0.25, 0.3) is 0 Å². The first-order valence-corrected chi connectivity index (χ1v) is 10.6. The number of rotatable bonds is 4. The van der Waals surface area contributed by atoms with Gasteiger partial charge in [-0.1, -0.05) is 30.3 Å². The summed E-state index contributed by atoms with van der Waals surface area (Å²) in [6, 6.07) is 12.9. The van der Waals surface area contributed by atoms with Crippen LogP contribution in [-0.4, -0.2) is 54.7 Å². The van der Waals surface area contributed by atoms with Crippen LogP contribution in [0.1, 0.15) is 30.5 Å². The second-order valence-electron chi connectivity index (χ2n) is 7.76. The third-order valence-electron chi connectivity index (χ3n) is 5.55. The Balaban J connectivity index is 0.00000256. The Morgan fingerprint density at radius 3 is 2.77 bits per heavy atom. The van der Waals surface area contributed by atoms with Gasteiger partial charge in [0.1, 0.15) is 5.82 Å². The third-order valence-corrected chi connectivity index (χ3v) is 5.55. The van der Waals surface area contributed by atoms with Gasteiger partial charge in [0.05, 0.1) is 19.3 Å². The van der Waals surface area contributed by atoms with Crippen LogP contribution < -0.4 is 10.2 Å². The smallest absolute Gasteiger partial charge is 0.194 e. The van der Waals surface area contributed by atoms with Crippen LogP contribution in [0, 0.1) is 0 Å². The van der Waals surface area contributed by atoms with Crippen molar-refractivity contribution in [2.24, 2.45) is 4.99 Å². The van der Waals surface area contributed by atoms with Gasteiger partial charge in [0, 0.05) is 38.9 Å². The molecule has 1 N–H and O–H groups in total. The van der Waals surface area contributed by atoms with E-state index in [1.165, 1.54) is 11.1 Å². The van der Waals surface area contributed by atoms with Gasteiger partial charge in [0.15, 0.2) is 5.96 Å². The summed E-state index contributed by atoms with van der Waals surface area (Å²) in [5.41, 5.74) is 3.98. The van der Waals surface area contributed by atoms with Crippen LogP contribution in [-0.2, 0) is 24.2 Å². The van der Waals surface area contributed by atoms with Gasteiger partial charge in [-0.25, -0.2) is 9.98 Å². The lowest BCUT2D eigenvalue weighted by molar-refractivity contribution is 0.0529. The zero-order valence-electron chi connectivity index (χ0n) is 17.9. The van der Waals surface area contributed by atoms with Crippen molar-refractivity contribution in [2.45, 2.75) is 39.5 Å². The number of halogens is 1. The molecular formula is C23H32IN5O. The van der Waals surface area contributed by atoms with Crippen LogP contribution in [0.15, 0.2) is 47.6 Å². The molecule has 3 heterocycles.